The molecule has 0 spiro atoms. The molecule has 1 aliphatic heterocycles. The van der Waals surface area contributed by atoms with Crippen LogP contribution in [0.25, 0.3) is 11.2 Å². The molecule has 1 N–H and O–H groups in total. The molecule has 1 fully saturated rings. The first-order chi connectivity index (χ1) is 14.0. The number of carbonyl (C=O) groups is 1. The SMILES string of the molecule is CC(=O)N1CCN(c2nc3c(c(=O)[nH]c(=O)n3C)n2CCc2ccccc2)CC1. The van der Waals surface area contributed by atoms with Gasteiger partial charge in [0.1, 0.15) is 0 Å². The van der Waals surface area contributed by atoms with Crippen molar-refractivity contribution in [1.29, 1.82) is 0 Å². The number of aromatic nitrogens is 4. The Labute approximate surface area is 167 Å². The number of benzene rings is 1. The summed E-state index contributed by atoms with van der Waals surface area (Å²) in [5.74, 6) is 0.715. The zero-order valence-corrected chi connectivity index (χ0v) is 16.6. The number of fused-ring (bicyclic) bond motifs is 1. The minimum Gasteiger partial charge on any atom is -0.339 e. The minimum atomic E-state index is -0.483. The molecular formula is C20H24N6O3. The summed E-state index contributed by atoms with van der Waals surface area (Å²) in [5, 5.41) is 0. The summed E-state index contributed by atoms with van der Waals surface area (Å²) < 4.78 is 3.26. The largest absolute Gasteiger partial charge is 0.339 e. The molecule has 1 amide bonds. The molecule has 3 aromatic rings. The van der Waals surface area contributed by atoms with Crippen molar-refractivity contribution in [2.45, 2.75) is 19.9 Å². The lowest BCUT2D eigenvalue weighted by Gasteiger charge is -2.35. The third kappa shape index (κ3) is 3.55. The molecular weight excluding hydrogens is 372 g/mol. The predicted molar refractivity (Wildman–Crippen MR) is 110 cm³/mol. The van der Waals surface area contributed by atoms with Gasteiger partial charge < -0.3 is 14.4 Å². The highest BCUT2D eigenvalue weighted by atomic mass is 16.2. The van der Waals surface area contributed by atoms with Crippen LogP contribution in [0.15, 0.2) is 39.9 Å². The molecule has 9 nitrogen and oxygen atoms in total. The van der Waals surface area contributed by atoms with Crippen LogP contribution in [0.1, 0.15) is 12.5 Å². The maximum Gasteiger partial charge on any atom is 0.329 e. The zero-order chi connectivity index (χ0) is 20.5. The van der Waals surface area contributed by atoms with Gasteiger partial charge in [0.25, 0.3) is 5.56 Å². The van der Waals surface area contributed by atoms with E-state index in [-0.39, 0.29) is 5.91 Å². The molecule has 29 heavy (non-hydrogen) atoms. The number of aryl methyl sites for hydroxylation is 3. The maximum absolute atomic E-state index is 12.6. The van der Waals surface area contributed by atoms with E-state index in [1.54, 1.807) is 18.9 Å². The molecule has 3 heterocycles. The molecule has 152 valence electrons. The van der Waals surface area contributed by atoms with Crippen LogP contribution in [-0.2, 0) is 24.8 Å². The number of anilines is 1. The van der Waals surface area contributed by atoms with E-state index >= 15 is 0 Å². The highest BCUT2D eigenvalue weighted by Gasteiger charge is 2.25. The summed E-state index contributed by atoms with van der Waals surface area (Å²) in [6.45, 7) is 4.59. The normalized spacial score (nSPS) is 14.6. The second-order valence-corrected chi connectivity index (χ2v) is 7.28. The van der Waals surface area contributed by atoms with E-state index in [0.717, 1.165) is 12.0 Å². The average Bonchev–Trinajstić information content (AvgIpc) is 3.11. The first-order valence-corrected chi connectivity index (χ1v) is 9.69. The second-order valence-electron chi connectivity index (χ2n) is 7.28. The molecule has 0 unspecified atom stereocenters. The third-order valence-corrected chi connectivity index (χ3v) is 5.46. The van der Waals surface area contributed by atoms with Crippen LogP contribution in [-0.4, -0.2) is 56.1 Å². The van der Waals surface area contributed by atoms with Crippen LogP contribution in [0, 0.1) is 0 Å². The molecule has 1 saturated heterocycles. The van der Waals surface area contributed by atoms with E-state index in [1.807, 2.05) is 34.9 Å². The lowest BCUT2D eigenvalue weighted by molar-refractivity contribution is -0.129. The van der Waals surface area contributed by atoms with Crippen LogP contribution in [0.2, 0.25) is 0 Å². The van der Waals surface area contributed by atoms with E-state index in [1.165, 1.54) is 4.57 Å². The molecule has 1 aliphatic rings. The predicted octanol–water partition coefficient (Wildman–Crippen LogP) is 0.335. The Morgan fingerprint density at radius 1 is 1.10 bits per heavy atom. The number of piperazine rings is 1. The van der Waals surface area contributed by atoms with E-state index < -0.39 is 11.2 Å². The lowest BCUT2D eigenvalue weighted by Crippen LogP contribution is -2.48. The van der Waals surface area contributed by atoms with Crippen LogP contribution in [0.5, 0.6) is 0 Å². The first kappa shape index (κ1) is 19.0. The molecule has 0 saturated carbocycles. The van der Waals surface area contributed by atoms with Gasteiger partial charge in [-0.25, -0.2) is 4.79 Å². The summed E-state index contributed by atoms with van der Waals surface area (Å²) in [7, 11) is 1.60. The van der Waals surface area contributed by atoms with Gasteiger partial charge in [-0.15, -0.1) is 0 Å². The average molecular weight is 396 g/mol. The van der Waals surface area contributed by atoms with E-state index in [9.17, 15) is 14.4 Å². The standard InChI is InChI=1S/C20H24N6O3/c1-14(27)24-10-12-25(13-11-24)19-21-17-16(18(28)22-20(29)23(17)2)26(19)9-8-15-6-4-3-5-7-15/h3-7H,8-13H2,1-2H3,(H,22,28,29). The fourth-order valence-electron chi connectivity index (χ4n) is 3.78. The Bertz CT molecular complexity index is 1150. The van der Waals surface area contributed by atoms with E-state index in [2.05, 4.69) is 14.9 Å². The molecule has 0 atom stereocenters. The monoisotopic (exact) mass is 396 g/mol. The first-order valence-electron chi connectivity index (χ1n) is 9.69. The van der Waals surface area contributed by atoms with Gasteiger partial charge in [0, 0.05) is 46.7 Å². The van der Waals surface area contributed by atoms with Crippen molar-refractivity contribution in [3.63, 3.8) is 0 Å². The molecule has 4 rings (SSSR count). The topological polar surface area (TPSA) is 96.2 Å². The van der Waals surface area contributed by atoms with Crippen molar-refractivity contribution in [2.24, 2.45) is 7.05 Å². The number of hydrogen-bond donors (Lipinski definition) is 1. The number of imidazole rings is 1. The quantitative estimate of drug-likeness (QED) is 0.686. The van der Waals surface area contributed by atoms with Crippen molar-refractivity contribution in [2.75, 3.05) is 31.1 Å². The molecule has 0 aliphatic carbocycles. The third-order valence-electron chi connectivity index (χ3n) is 5.46. The van der Waals surface area contributed by atoms with Gasteiger partial charge >= 0.3 is 5.69 Å². The minimum absolute atomic E-state index is 0.0565. The van der Waals surface area contributed by atoms with Crippen LogP contribution < -0.4 is 16.1 Å². The fourth-order valence-corrected chi connectivity index (χ4v) is 3.78. The Morgan fingerprint density at radius 3 is 2.45 bits per heavy atom. The lowest BCUT2D eigenvalue weighted by atomic mass is 10.1. The number of aromatic amines is 1. The molecule has 9 heteroatoms. The summed E-state index contributed by atoms with van der Waals surface area (Å²) in [4.78, 5) is 47.2. The summed E-state index contributed by atoms with van der Waals surface area (Å²) in [6.07, 6.45) is 0.731. The van der Waals surface area contributed by atoms with Gasteiger partial charge in [-0.2, -0.15) is 4.98 Å². The smallest absolute Gasteiger partial charge is 0.329 e. The van der Waals surface area contributed by atoms with Crippen molar-refractivity contribution >= 4 is 23.0 Å². The second kappa shape index (κ2) is 7.57. The van der Waals surface area contributed by atoms with Crippen molar-refractivity contribution in [1.82, 2.24) is 24.0 Å². The summed E-state index contributed by atoms with van der Waals surface area (Å²) in [5.41, 5.74) is 1.01. The highest BCUT2D eigenvalue weighted by Crippen LogP contribution is 2.21. The molecule has 1 aromatic carbocycles. The van der Waals surface area contributed by atoms with Gasteiger partial charge in [0.15, 0.2) is 11.2 Å². The van der Waals surface area contributed by atoms with Crippen molar-refractivity contribution < 1.29 is 4.79 Å². The Morgan fingerprint density at radius 2 is 1.79 bits per heavy atom. The fraction of sp³-hybridized carbons (Fsp3) is 0.400. The van der Waals surface area contributed by atoms with Crippen LogP contribution >= 0.6 is 0 Å². The van der Waals surface area contributed by atoms with E-state index in [4.69, 9.17) is 0 Å². The summed E-state index contributed by atoms with van der Waals surface area (Å²) >= 11 is 0. The van der Waals surface area contributed by atoms with Gasteiger partial charge in [-0.1, -0.05) is 30.3 Å². The molecule has 2 aromatic heterocycles. The van der Waals surface area contributed by atoms with E-state index in [0.29, 0.717) is 49.8 Å². The van der Waals surface area contributed by atoms with Gasteiger partial charge in [0.2, 0.25) is 11.9 Å². The van der Waals surface area contributed by atoms with Crippen LogP contribution in [0.3, 0.4) is 0 Å². The number of rotatable bonds is 4. The van der Waals surface area contributed by atoms with Crippen molar-refractivity contribution in [3.8, 4) is 0 Å². The van der Waals surface area contributed by atoms with Crippen LogP contribution in [0.4, 0.5) is 5.95 Å². The maximum atomic E-state index is 12.6. The number of nitrogens with zero attached hydrogens (tertiary/aromatic N) is 5. The zero-order valence-electron chi connectivity index (χ0n) is 16.6. The number of hydrogen-bond acceptors (Lipinski definition) is 5. The Balaban J connectivity index is 1.75. The van der Waals surface area contributed by atoms with Gasteiger partial charge in [-0.3, -0.25) is 19.1 Å². The van der Waals surface area contributed by atoms with Crippen molar-refractivity contribution in [3.05, 3.63) is 56.7 Å². The van der Waals surface area contributed by atoms with Gasteiger partial charge in [-0.05, 0) is 12.0 Å². The Hall–Kier alpha value is -3.36. The number of nitrogens with one attached hydrogen (secondary N) is 1. The summed E-state index contributed by atoms with van der Waals surface area (Å²) in [6, 6.07) is 10.0. The number of amides is 1. The molecule has 0 radical (unpaired) electrons. The molecule has 0 bridgehead atoms. The highest BCUT2D eigenvalue weighted by molar-refractivity contribution is 5.75. The number of carbonyl (C=O) groups excluding carboxylic acids is 1. The Kier molecular flexibility index (Phi) is 4.96. The number of H-pyrrole nitrogens is 1. The van der Waals surface area contributed by atoms with Gasteiger partial charge in [0.05, 0.1) is 0 Å².